The van der Waals surface area contributed by atoms with Crippen molar-refractivity contribution in [2.45, 2.75) is 19.9 Å². The molecule has 1 heterocycles. The van der Waals surface area contributed by atoms with Crippen LogP contribution in [0.25, 0.3) is 22.2 Å². The monoisotopic (exact) mass is 270 g/mol. The predicted molar refractivity (Wildman–Crippen MR) is 77.1 cm³/mol. The van der Waals surface area contributed by atoms with Gasteiger partial charge in [0.2, 0.25) is 0 Å². The van der Waals surface area contributed by atoms with Crippen LogP contribution in [0.2, 0.25) is 0 Å². The zero-order valence-corrected chi connectivity index (χ0v) is 11.2. The van der Waals surface area contributed by atoms with Gasteiger partial charge >= 0.3 is 0 Å². The minimum absolute atomic E-state index is 0.342. The third-order valence-electron chi connectivity index (χ3n) is 3.31. The van der Waals surface area contributed by atoms with Gasteiger partial charge in [0.1, 0.15) is 5.69 Å². The second kappa shape index (κ2) is 4.96. The number of hydrogen-bond donors (Lipinski definition) is 1. The Morgan fingerprint density at radius 2 is 2.00 bits per heavy atom. The number of benzene rings is 2. The molecule has 0 amide bonds. The number of phenols is 1. The lowest BCUT2D eigenvalue weighted by Crippen LogP contribution is -1.98. The first kappa shape index (κ1) is 12.7. The second-order valence-corrected chi connectivity index (χ2v) is 4.76. The second-order valence-electron chi connectivity index (χ2n) is 4.76. The molecule has 0 unspecified atom stereocenters. The molecule has 0 atom stereocenters. The maximum atomic E-state index is 13.5. The van der Waals surface area contributed by atoms with Gasteiger partial charge in [0, 0.05) is 17.5 Å². The maximum absolute atomic E-state index is 13.5. The fourth-order valence-electron chi connectivity index (χ4n) is 2.38. The van der Waals surface area contributed by atoms with E-state index < -0.39 is 5.82 Å². The van der Waals surface area contributed by atoms with Crippen LogP contribution in [0, 0.1) is 5.82 Å². The average Bonchev–Trinajstić information content (AvgIpc) is 2.82. The molecule has 2 aromatic carbocycles. The van der Waals surface area contributed by atoms with E-state index in [2.05, 4.69) is 12.0 Å². The molecule has 3 rings (SSSR count). The van der Waals surface area contributed by atoms with Gasteiger partial charge < -0.3 is 5.11 Å². The fourth-order valence-corrected chi connectivity index (χ4v) is 2.38. The number of halogens is 1. The van der Waals surface area contributed by atoms with E-state index in [1.807, 2.05) is 28.9 Å². The van der Waals surface area contributed by atoms with Crippen LogP contribution in [0.15, 0.2) is 42.5 Å². The molecule has 0 radical (unpaired) electrons. The van der Waals surface area contributed by atoms with E-state index in [9.17, 15) is 9.50 Å². The molecule has 0 aliphatic rings. The lowest BCUT2D eigenvalue weighted by molar-refractivity contribution is 0.432. The number of nitrogens with zero attached hydrogens (tertiary/aromatic N) is 2. The van der Waals surface area contributed by atoms with Crippen molar-refractivity contribution in [2.75, 3.05) is 0 Å². The van der Waals surface area contributed by atoms with Crippen LogP contribution in [0.4, 0.5) is 4.39 Å². The normalized spacial score (nSPS) is 11.1. The van der Waals surface area contributed by atoms with Crippen LogP contribution >= 0.6 is 0 Å². The summed E-state index contributed by atoms with van der Waals surface area (Å²) < 4.78 is 15.5. The molecule has 1 N–H and O–H groups in total. The number of aromatic hydroxyl groups is 1. The topological polar surface area (TPSA) is 38.0 Å². The molecule has 3 aromatic rings. The van der Waals surface area contributed by atoms with Crippen molar-refractivity contribution in [3.05, 3.63) is 48.3 Å². The number of aryl methyl sites for hydroxylation is 1. The van der Waals surface area contributed by atoms with Gasteiger partial charge in [-0.05, 0) is 30.7 Å². The number of fused-ring (bicyclic) bond motifs is 1. The van der Waals surface area contributed by atoms with Crippen LogP contribution in [0.1, 0.15) is 13.3 Å². The van der Waals surface area contributed by atoms with Gasteiger partial charge in [-0.2, -0.15) is 5.10 Å². The van der Waals surface area contributed by atoms with E-state index >= 15 is 0 Å². The lowest BCUT2D eigenvalue weighted by Gasteiger charge is -2.00. The Morgan fingerprint density at radius 3 is 2.75 bits per heavy atom. The molecule has 0 saturated carbocycles. The Balaban J connectivity index is 2.22. The Kier molecular flexibility index (Phi) is 3.14. The van der Waals surface area contributed by atoms with E-state index in [0.29, 0.717) is 5.56 Å². The van der Waals surface area contributed by atoms with Gasteiger partial charge in [-0.25, -0.2) is 4.39 Å². The van der Waals surface area contributed by atoms with Crippen LogP contribution in [-0.4, -0.2) is 14.9 Å². The van der Waals surface area contributed by atoms with Crippen LogP contribution in [0.3, 0.4) is 0 Å². The molecular formula is C16H15FN2O. The van der Waals surface area contributed by atoms with Crippen molar-refractivity contribution in [2.24, 2.45) is 0 Å². The number of aromatic nitrogens is 2. The standard InChI is InChI=1S/C16H15FN2O/c1-2-9-19-14-6-4-3-5-12(14)16(18-19)11-7-8-15(20)13(17)10-11/h3-8,10,20H,2,9H2,1H3. The molecule has 0 aliphatic carbocycles. The molecule has 0 fully saturated rings. The summed E-state index contributed by atoms with van der Waals surface area (Å²) in [5, 5.41) is 14.9. The third-order valence-corrected chi connectivity index (χ3v) is 3.31. The van der Waals surface area contributed by atoms with Crippen LogP contribution in [0.5, 0.6) is 5.75 Å². The fraction of sp³-hybridized carbons (Fsp3) is 0.188. The van der Waals surface area contributed by atoms with E-state index in [1.165, 1.54) is 12.1 Å². The minimum atomic E-state index is -0.628. The highest BCUT2D eigenvalue weighted by Crippen LogP contribution is 2.30. The molecular weight excluding hydrogens is 255 g/mol. The highest BCUT2D eigenvalue weighted by Gasteiger charge is 2.13. The van der Waals surface area contributed by atoms with E-state index in [1.54, 1.807) is 6.07 Å². The van der Waals surface area contributed by atoms with E-state index in [-0.39, 0.29) is 5.75 Å². The molecule has 0 spiro atoms. The number of phenolic OH excluding ortho intramolecular Hbond substituents is 1. The summed E-state index contributed by atoms with van der Waals surface area (Å²) in [7, 11) is 0. The summed E-state index contributed by atoms with van der Waals surface area (Å²) in [5.41, 5.74) is 2.46. The van der Waals surface area contributed by atoms with Crippen LogP contribution in [-0.2, 0) is 6.54 Å². The largest absolute Gasteiger partial charge is 0.505 e. The quantitative estimate of drug-likeness (QED) is 0.782. The summed E-state index contributed by atoms with van der Waals surface area (Å²) in [6.45, 7) is 2.91. The highest BCUT2D eigenvalue weighted by molar-refractivity contribution is 5.93. The Morgan fingerprint density at radius 1 is 1.20 bits per heavy atom. The summed E-state index contributed by atoms with van der Waals surface area (Å²) in [4.78, 5) is 0. The van der Waals surface area contributed by atoms with Gasteiger partial charge in [0.25, 0.3) is 0 Å². The number of hydrogen-bond acceptors (Lipinski definition) is 2. The lowest BCUT2D eigenvalue weighted by atomic mass is 10.1. The first-order valence-corrected chi connectivity index (χ1v) is 6.65. The first-order valence-electron chi connectivity index (χ1n) is 6.65. The number of para-hydroxylation sites is 1. The SMILES string of the molecule is CCCn1nc(-c2ccc(O)c(F)c2)c2ccccc21. The zero-order chi connectivity index (χ0) is 14.1. The van der Waals surface area contributed by atoms with Crippen molar-refractivity contribution in [3.63, 3.8) is 0 Å². The molecule has 0 saturated heterocycles. The Bertz CT molecular complexity index is 764. The first-order chi connectivity index (χ1) is 9.70. The molecule has 20 heavy (non-hydrogen) atoms. The van der Waals surface area contributed by atoms with Crippen molar-refractivity contribution in [1.82, 2.24) is 9.78 Å². The van der Waals surface area contributed by atoms with Gasteiger partial charge in [0.05, 0.1) is 5.52 Å². The maximum Gasteiger partial charge on any atom is 0.165 e. The van der Waals surface area contributed by atoms with Gasteiger partial charge in [-0.15, -0.1) is 0 Å². The van der Waals surface area contributed by atoms with Crippen molar-refractivity contribution in [3.8, 4) is 17.0 Å². The number of rotatable bonds is 3. The smallest absolute Gasteiger partial charge is 0.165 e. The minimum Gasteiger partial charge on any atom is -0.505 e. The van der Waals surface area contributed by atoms with Crippen LogP contribution < -0.4 is 0 Å². The summed E-state index contributed by atoms with van der Waals surface area (Å²) in [6, 6.07) is 12.3. The van der Waals surface area contributed by atoms with Gasteiger partial charge in [-0.1, -0.05) is 25.1 Å². The summed E-state index contributed by atoms with van der Waals surface area (Å²) >= 11 is 0. The van der Waals surface area contributed by atoms with Crippen molar-refractivity contribution >= 4 is 10.9 Å². The van der Waals surface area contributed by atoms with E-state index in [4.69, 9.17) is 0 Å². The summed E-state index contributed by atoms with van der Waals surface area (Å²) in [5.74, 6) is -0.970. The molecule has 0 aliphatic heterocycles. The van der Waals surface area contributed by atoms with Gasteiger partial charge in [-0.3, -0.25) is 4.68 Å². The summed E-state index contributed by atoms with van der Waals surface area (Å²) in [6.07, 6.45) is 0.981. The third kappa shape index (κ3) is 2.03. The van der Waals surface area contributed by atoms with E-state index in [0.717, 1.165) is 29.6 Å². The molecule has 4 heteroatoms. The van der Waals surface area contributed by atoms with Crippen molar-refractivity contribution < 1.29 is 9.50 Å². The highest BCUT2D eigenvalue weighted by atomic mass is 19.1. The molecule has 102 valence electrons. The average molecular weight is 270 g/mol. The zero-order valence-electron chi connectivity index (χ0n) is 11.2. The molecule has 1 aromatic heterocycles. The van der Waals surface area contributed by atoms with Crippen molar-refractivity contribution in [1.29, 1.82) is 0 Å². The molecule has 0 bridgehead atoms. The Labute approximate surface area is 116 Å². The Hall–Kier alpha value is -2.36. The van der Waals surface area contributed by atoms with Gasteiger partial charge in [0.15, 0.2) is 11.6 Å². The predicted octanol–water partition coefficient (Wildman–Crippen LogP) is 3.96. The molecule has 3 nitrogen and oxygen atoms in total.